The summed E-state index contributed by atoms with van der Waals surface area (Å²) >= 11 is 1.92. The number of hydrogen-bond acceptors (Lipinski definition) is 6. The average Bonchev–Trinajstić information content (AvgIpc) is 3.49. The van der Waals surface area contributed by atoms with Crippen molar-refractivity contribution in [2.45, 2.75) is 29.6 Å². The Morgan fingerprint density at radius 2 is 2.15 bits per heavy atom. The van der Waals surface area contributed by atoms with Gasteiger partial charge < -0.3 is 9.47 Å². The number of nitriles is 1. The lowest BCUT2D eigenvalue weighted by atomic mass is 10.1. The highest BCUT2D eigenvalue weighted by Crippen LogP contribution is 2.39. The third-order valence-corrected chi connectivity index (χ3v) is 5.46. The molecule has 0 spiro atoms. The standard InChI is InChI=1S/C20H17N3O2S/c1-24-20-18-17(7-8-22-20)19(14(10-21)11-23-18)25-12-13-3-2-4-16(9-13)26-15-5-6-15/h2-4,7-9,11,15H,5-6,12H2,1H3. The lowest BCUT2D eigenvalue weighted by molar-refractivity contribution is 0.308. The van der Waals surface area contributed by atoms with Crippen LogP contribution in [0.15, 0.2) is 47.6 Å². The molecule has 0 saturated heterocycles. The molecule has 0 amide bonds. The second-order valence-corrected chi connectivity index (χ2v) is 7.46. The van der Waals surface area contributed by atoms with Gasteiger partial charge in [0, 0.05) is 22.5 Å². The maximum atomic E-state index is 9.43. The molecule has 1 fully saturated rings. The van der Waals surface area contributed by atoms with Crippen molar-refractivity contribution in [2.75, 3.05) is 7.11 Å². The Hall–Kier alpha value is -2.78. The van der Waals surface area contributed by atoms with E-state index in [0.29, 0.717) is 29.3 Å². The van der Waals surface area contributed by atoms with Crippen molar-refractivity contribution in [3.63, 3.8) is 0 Å². The third kappa shape index (κ3) is 3.44. The van der Waals surface area contributed by atoms with Crippen LogP contribution >= 0.6 is 11.8 Å². The van der Waals surface area contributed by atoms with Crippen LogP contribution in [0, 0.1) is 11.3 Å². The molecule has 0 unspecified atom stereocenters. The Bertz CT molecular complexity index is 996. The van der Waals surface area contributed by atoms with E-state index in [2.05, 4.69) is 28.2 Å². The normalized spacial score (nSPS) is 13.4. The van der Waals surface area contributed by atoms with Gasteiger partial charge in [-0.1, -0.05) is 12.1 Å². The van der Waals surface area contributed by atoms with E-state index < -0.39 is 0 Å². The SMILES string of the molecule is COc1nccc2c(OCc3cccc(SC4CC4)c3)c(C#N)cnc12. The minimum atomic E-state index is 0.386. The molecule has 26 heavy (non-hydrogen) atoms. The summed E-state index contributed by atoms with van der Waals surface area (Å²) in [5, 5.41) is 10.9. The van der Waals surface area contributed by atoms with Gasteiger partial charge in [-0.05, 0) is 36.6 Å². The third-order valence-electron chi connectivity index (χ3n) is 4.13. The first-order valence-corrected chi connectivity index (χ1v) is 9.26. The molecular formula is C20H17N3O2S. The second-order valence-electron chi connectivity index (χ2n) is 6.08. The molecular weight excluding hydrogens is 346 g/mol. The van der Waals surface area contributed by atoms with Crippen LogP contribution in [0.2, 0.25) is 0 Å². The highest BCUT2D eigenvalue weighted by molar-refractivity contribution is 8.00. The van der Waals surface area contributed by atoms with E-state index in [9.17, 15) is 5.26 Å². The number of fused-ring (bicyclic) bond motifs is 1. The number of ether oxygens (including phenoxy) is 2. The van der Waals surface area contributed by atoms with Crippen molar-refractivity contribution in [2.24, 2.45) is 0 Å². The van der Waals surface area contributed by atoms with Gasteiger partial charge in [0.25, 0.3) is 0 Å². The van der Waals surface area contributed by atoms with E-state index in [0.717, 1.165) is 16.2 Å². The molecule has 0 aliphatic heterocycles. The molecule has 2 aromatic heterocycles. The lowest BCUT2D eigenvalue weighted by Gasteiger charge is -2.12. The Morgan fingerprint density at radius 3 is 2.92 bits per heavy atom. The highest BCUT2D eigenvalue weighted by Gasteiger charge is 2.22. The molecule has 4 rings (SSSR count). The zero-order valence-electron chi connectivity index (χ0n) is 14.3. The van der Waals surface area contributed by atoms with E-state index in [1.54, 1.807) is 19.4 Å². The summed E-state index contributed by atoms with van der Waals surface area (Å²) in [7, 11) is 1.55. The topological polar surface area (TPSA) is 68.0 Å². The van der Waals surface area contributed by atoms with Crippen LogP contribution in [0.1, 0.15) is 24.0 Å². The molecule has 0 N–H and O–H groups in total. The average molecular weight is 363 g/mol. The van der Waals surface area contributed by atoms with Crippen LogP contribution in [0.3, 0.4) is 0 Å². The first-order chi connectivity index (χ1) is 12.8. The zero-order chi connectivity index (χ0) is 17.9. The van der Waals surface area contributed by atoms with Crippen molar-refractivity contribution in [1.82, 2.24) is 9.97 Å². The monoisotopic (exact) mass is 363 g/mol. The zero-order valence-corrected chi connectivity index (χ0v) is 15.1. The van der Waals surface area contributed by atoms with Gasteiger partial charge in [-0.3, -0.25) is 0 Å². The van der Waals surface area contributed by atoms with Gasteiger partial charge in [0.05, 0.1) is 12.5 Å². The molecule has 1 saturated carbocycles. The molecule has 5 nitrogen and oxygen atoms in total. The van der Waals surface area contributed by atoms with Gasteiger partial charge >= 0.3 is 0 Å². The van der Waals surface area contributed by atoms with Crippen LogP contribution in [0.5, 0.6) is 11.6 Å². The number of nitrogens with zero attached hydrogens (tertiary/aromatic N) is 3. The largest absolute Gasteiger partial charge is 0.487 e. The molecule has 130 valence electrons. The number of thioether (sulfide) groups is 1. The molecule has 0 bridgehead atoms. The van der Waals surface area contributed by atoms with Crippen LogP contribution in [-0.2, 0) is 6.61 Å². The van der Waals surface area contributed by atoms with Crippen molar-refractivity contribution >= 4 is 22.7 Å². The lowest BCUT2D eigenvalue weighted by Crippen LogP contribution is -2.00. The van der Waals surface area contributed by atoms with Gasteiger partial charge in [-0.25, -0.2) is 9.97 Å². The summed E-state index contributed by atoms with van der Waals surface area (Å²) in [6.07, 6.45) is 5.73. The molecule has 1 aliphatic carbocycles. The van der Waals surface area contributed by atoms with Crippen LogP contribution in [0.25, 0.3) is 10.9 Å². The predicted octanol–water partition coefficient (Wildman–Crippen LogP) is 4.34. The number of benzene rings is 1. The Balaban J connectivity index is 1.63. The fraction of sp³-hybridized carbons (Fsp3) is 0.250. The summed E-state index contributed by atoms with van der Waals surface area (Å²) in [6, 6.07) is 12.3. The molecule has 1 aromatic carbocycles. The smallest absolute Gasteiger partial charge is 0.240 e. The van der Waals surface area contributed by atoms with Crippen molar-refractivity contribution in [1.29, 1.82) is 5.26 Å². The van der Waals surface area contributed by atoms with Crippen molar-refractivity contribution in [3.05, 3.63) is 53.9 Å². The quantitative estimate of drug-likeness (QED) is 0.649. The van der Waals surface area contributed by atoms with E-state index in [4.69, 9.17) is 9.47 Å². The van der Waals surface area contributed by atoms with Gasteiger partial charge in [-0.15, -0.1) is 11.8 Å². The minimum Gasteiger partial charge on any atom is -0.487 e. The van der Waals surface area contributed by atoms with Gasteiger partial charge in [0.2, 0.25) is 5.88 Å². The van der Waals surface area contributed by atoms with Gasteiger partial charge in [-0.2, -0.15) is 5.26 Å². The minimum absolute atomic E-state index is 0.386. The first-order valence-electron chi connectivity index (χ1n) is 8.38. The van der Waals surface area contributed by atoms with Crippen molar-refractivity contribution < 1.29 is 9.47 Å². The number of hydrogen-bond donors (Lipinski definition) is 0. The number of rotatable bonds is 6. The summed E-state index contributed by atoms with van der Waals surface area (Å²) in [4.78, 5) is 9.72. The molecule has 6 heteroatoms. The molecule has 1 aliphatic rings. The Kier molecular flexibility index (Phi) is 4.63. The van der Waals surface area contributed by atoms with Crippen LogP contribution in [0.4, 0.5) is 0 Å². The number of methoxy groups -OCH3 is 1. The van der Waals surface area contributed by atoms with E-state index >= 15 is 0 Å². The fourth-order valence-electron chi connectivity index (χ4n) is 2.70. The maximum Gasteiger partial charge on any atom is 0.240 e. The van der Waals surface area contributed by atoms with E-state index in [-0.39, 0.29) is 0 Å². The van der Waals surface area contributed by atoms with Gasteiger partial charge in [0.1, 0.15) is 29.5 Å². The number of pyridine rings is 2. The highest BCUT2D eigenvalue weighted by atomic mass is 32.2. The summed E-state index contributed by atoms with van der Waals surface area (Å²) in [6.45, 7) is 0.386. The fourth-order valence-corrected chi connectivity index (χ4v) is 3.84. The molecule has 0 radical (unpaired) electrons. The second kappa shape index (κ2) is 7.22. The number of aromatic nitrogens is 2. The summed E-state index contributed by atoms with van der Waals surface area (Å²) in [5.41, 5.74) is 2.06. The summed E-state index contributed by atoms with van der Waals surface area (Å²) in [5.74, 6) is 0.929. The van der Waals surface area contributed by atoms with Crippen LogP contribution < -0.4 is 9.47 Å². The van der Waals surface area contributed by atoms with E-state index in [1.165, 1.54) is 23.9 Å². The van der Waals surface area contributed by atoms with Gasteiger partial charge in [0.15, 0.2) is 0 Å². The predicted molar refractivity (Wildman–Crippen MR) is 100 cm³/mol. The van der Waals surface area contributed by atoms with E-state index in [1.807, 2.05) is 23.9 Å². The maximum absolute atomic E-state index is 9.43. The Labute approximate surface area is 156 Å². The van der Waals surface area contributed by atoms with Crippen molar-refractivity contribution in [3.8, 4) is 17.7 Å². The van der Waals surface area contributed by atoms with Crippen LogP contribution in [-0.4, -0.2) is 22.3 Å². The molecule has 0 atom stereocenters. The Morgan fingerprint density at radius 1 is 1.27 bits per heavy atom. The molecule has 3 aromatic rings. The summed E-state index contributed by atoms with van der Waals surface area (Å²) < 4.78 is 11.3. The first kappa shape index (κ1) is 16.7. The molecule has 2 heterocycles.